The Morgan fingerprint density at radius 2 is 1.88 bits per heavy atom. The molecule has 3 heteroatoms. The lowest BCUT2D eigenvalue weighted by molar-refractivity contribution is -0.137. The van der Waals surface area contributed by atoms with Gasteiger partial charge in [-0.2, -0.15) is 0 Å². The first kappa shape index (κ1) is 11.5. The Morgan fingerprint density at radius 1 is 1.06 bits per heavy atom. The van der Waals surface area contributed by atoms with Crippen LogP contribution in [0.4, 0.5) is 0 Å². The summed E-state index contributed by atoms with van der Waals surface area (Å²) in [5, 5.41) is 0. The van der Waals surface area contributed by atoms with Gasteiger partial charge in [-0.1, -0.05) is 6.42 Å². The van der Waals surface area contributed by atoms with Gasteiger partial charge >= 0.3 is 0 Å². The molecule has 96 valence electrons. The largest absolute Gasteiger partial charge is 0.339 e. The summed E-state index contributed by atoms with van der Waals surface area (Å²) in [5.41, 5.74) is 5.92. The van der Waals surface area contributed by atoms with Gasteiger partial charge in [-0.15, -0.1) is 0 Å². The molecule has 0 aromatic heterocycles. The van der Waals surface area contributed by atoms with Crippen molar-refractivity contribution in [1.29, 1.82) is 0 Å². The van der Waals surface area contributed by atoms with E-state index >= 15 is 0 Å². The highest BCUT2D eigenvalue weighted by molar-refractivity contribution is 5.79. The standard InChI is InChI=1S/C14H24N2O/c15-12-7-6-11(9-12)14(17)16-8-2-5-13(16)10-3-1-4-10/h10-13H,1-9,15H2. The second kappa shape index (κ2) is 4.60. The molecule has 0 spiro atoms. The molecule has 0 aromatic carbocycles. The van der Waals surface area contributed by atoms with Gasteiger partial charge in [0, 0.05) is 24.5 Å². The fourth-order valence-electron chi connectivity index (χ4n) is 3.86. The van der Waals surface area contributed by atoms with Gasteiger partial charge in [0.25, 0.3) is 0 Å². The van der Waals surface area contributed by atoms with E-state index in [1.807, 2.05) is 0 Å². The third-order valence-electron chi connectivity index (χ3n) is 5.10. The maximum absolute atomic E-state index is 12.5. The zero-order valence-corrected chi connectivity index (χ0v) is 10.6. The van der Waals surface area contributed by atoms with Gasteiger partial charge in [-0.05, 0) is 50.9 Å². The van der Waals surface area contributed by atoms with Crippen molar-refractivity contribution in [3.63, 3.8) is 0 Å². The first-order chi connectivity index (χ1) is 8.25. The van der Waals surface area contributed by atoms with E-state index in [1.54, 1.807) is 0 Å². The number of likely N-dealkylation sites (tertiary alicyclic amines) is 1. The summed E-state index contributed by atoms with van der Waals surface area (Å²) >= 11 is 0. The average Bonchev–Trinajstić information content (AvgIpc) is 2.84. The molecule has 3 fully saturated rings. The predicted molar refractivity (Wildman–Crippen MR) is 67.4 cm³/mol. The molecule has 2 aliphatic carbocycles. The van der Waals surface area contributed by atoms with Crippen LogP contribution in [0.3, 0.4) is 0 Å². The SMILES string of the molecule is NC1CCC(C(=O)N2CCCC2C2CCC2)C1. The Morgan fingerprint density at radius 3 is 2.47 bits per heavy atom. The number of amides is 1. The molecule has 3 aliphatic rings. The minimum atomic E-state index is 0.241. The molecular formula is C14H24N2O. The van der Waals surface area contributed by atoms with Crippen molar-refractivity contribution in [2.75, 3.05) is 6.54 Å². The van der Waals surface area contributed by atoms with E-state index in [0.29, 0.717) is 11.9 Å². The molecule has 1 saturated heterocycles. The molecule has 3 nitrogen and oxygen atoms in total. The highest BCUT2D eigenvalue weighted by atomic mass is 16.2. The molecule has 0 bridgehead atoms. The zero-order chi connectivity index (χ0) is 11.8. The summed E-state index contributed by atoms with van der Waals surface area (Å²) in [6.07, 6.45) is 9.51. The fraction of sp³-hybridized carbons (Fsp3) is 0.929. The summed E-state index contributed by atoms with van der Waals surface area (Å²) in [6, 6.07) is 0.849. The lowest BCUT2D eigenvalue weighted by atomic mass is 9.78. The van der Waals surface area contributed by atoms with Crippen LogP contribution in [0.15, 0.2) is 0 Å². The summed E-state index contributed by atoms with van der Waals surface area (Å²) in [5.74, 6) is 1.48. The topological polar surface area (TPSA) is 46.3 Å². The smallest absolute Gasteiger partial charge is 0.225 e. The Kier molecular flexibility index (Phi) is 3.12. The minimum Gasteiger partial charge on any atom is -0.339 e. The Labute approximate surface area is 104 Å². The number of hydrogen-bond donors (Lipinski definition) is 1. The van der Waals surface area contributed by atoms with Crippen molar-refractivity contribution in [3.05, 3.63) is 0 Å². The van der Waals surface area contributed by atoms with Crippen molar-refractivity contribution >= 4 is 5.91 Å². The Hall–Kier alpha value is -0.570. The molecule has 1 amide bonds. The quantitative estimate of drug-likeness (QED) is 0.796. The van der Waals surface area contributed by atoms with Crippen LogP contribution in [0.1, 0.15) is 51.4 Å². The highest BCUT2D eigenvalue weighted by Gasteiger charge is 2.40. The Bertz CT molecular complexity index is 301. The van der Waals surface area contributed by atoms with Gasteiger partial charge in [0.05, 0.1) is 0 Å². The Balaban J connectivity index is 1.63. The maximum Gasteiger partial charge on any atom is 0.225 e. The van der Waals surface area contributed by atoms with Gasteiger partial charge in [-0.25, -0.2) is 0 Å². The van der Waals surface area contributed by atoms with Crippen LogP contribution in [0.25, 0.3) is 0 Å². The molecular weight excluding hydrogens is 212 g/mol. The second-order valence-electron chi connectivity index (χ2n) is 6.20. The van der Waals surface area contributed by atoms with Crippen LogP contribution in [0, 0.1) is 11.8 Å². The molecule has 1 aliphatic heterocycles. The van der Waals surface area contributed by atoms with Crippen LogP contribution in [-0.2, 0) is 4.79 Å². The summed E-state index contributed by atoms with van der Waals surface area (Å²) in [7, 11) is 0. The van der Waals surface area contributed by atoms with Crippen LogP contribution in [0.5, 0.6) is 0 Å². The molecule has 0 aromatic rings. The first-order valence-electron chi connectivity index (χ1n) is 7.32. The number of nitrogens with zero attached hydrogens (tertiary/aromatic N) is 1. The summed E-state index contributed by atoms with van der Waals surface area (Å²) in [4.78, 5) is 14.7. The predicted octanol–water partition coefficient (Wildman–Crippen LogP) is 1.90. The molecule has 1 heterocycles. The lowest BCUT2D eigenvalue weighted by Gasteiger charge is -2.38. The average molecular weight is 236 g/mol. The molecule has 2 N–H and O–H groups in total. The zero-order valence-electron chi connectivity index (χ0n) is 10.6. The van der Waals surface area contributed by atoms with Crippen LogP contribution in [-0.4, -0.2) is 29.4 Å². The number of carbonyl (C=O) groups is 1. The van der Waals surface area contributed by atoms with Crippen LogP contribution >= 0.6 is 0 Å². The highest BCUT2D eigenvalue weighted by Crippen LogP contribution is 2.38. The third-order valence-corrected chi connectivity index (χ3v) is 5.10. The van der Waals surface area contributed by atoms with E-state index in [1.165, 1.54) is 32.1 Å². The normalized spacial score (nSPS) is 38.4. The van der Waals surface area contributed by atoms with Crippen LogP contribution in [0.2, 0.25) is 0 Å². The van der Waals surface area contributed by atoms with E-state index in [2.05, 4.69) is 4.90 Å². The first-order valence-corrected chi connectivity index (χ1v) is 7.32. The van der Waals surface area contributed by atoms with E-state index in [-0.39, 0.29) is 12.0 Å². The van der Waals surface area contributed by atoms with E-state index in [9.17, 15) is 4.79 Å². The molecule has 0 radical (unpaired) electrons. The van der Waals surface area contributed by atoms with Gasteiger partial charge in [-0.3, -0.25) is 4.79 Å². The number of rotatable bonds is 2. The number of nitrogens with two attached hydrogens (primary N) is 1. The molecule has 17 heavy (non-hydrogen) atoms. The van der Waals surface area contributed by atoms with Gasteiger partial charge < -0.3 is 10.6 Å². The van der Waals surface area contributed by atoms with E-state index in [4.69, 9.17) is 5.73 Å². The maximum atomic E-state index is 12.5. The van der Waals surface area contributed by atoms with E-state index in [0.717, 1.165) is 31.7 Å². The molecule has 3 unspecified atom stereocenters. The van der Waals surface area contributed by atoms with Crippen molar-refractivity contribution in [1.82, 2.24) is 4.90 Å². The molecule has 2 saturated carbocycles. The van der Waals surface area contributed by atoms with Gasteiger partial charge in [0.2, 0.25) is 5.91 Å². The monoisotopic (exact) mass is 236 g/mol. The van der Waals surface area contributed by atoms with Gasteiger partial charge in [0.1, 0.15) is 0 Å². The number of hydrogen-bond acceptors (Lipinski definition) is 2. The third kappa shape index (κ3) is 2.10. The van der Waals surface area contributed by atoms with E-state index < -0.39 is 0 Å². The molecule has 3 atom stereocenters. The fourth-order valence-corrected chi connectivity index (χ4v) is 3.86. The van der Waals surface area contributed by atoms with Crippen LogP contribution < -0.4 is 5.73 Å². The second-order valence-corrected chi connectivity index (χ2v) is 6.20. The summed E-state index contributed by atoms with van der Waals surface area (Å²) < 4.78 is 0. The van der Waals surface area contributed by atoms with Crippen molar-refractivity contribution in [2.45, 2.75) is 63.5 Å². The number of carbonyl (C=O) groups excluding carboxylic acids is 1. The lowest BCUT2D eigenvalue weighted by Crippen LogP contribution is -2.44. The minimum absolute atomic E-state index is 0.241. The van der Waals surface area contributed by atoms with Crippen molar-refractivity contribution < 1.29 is 4.79 Å². The van der Waals surface area contributed by atoms with Gasteiger partial charge in [0.15, 0.2) is 0 Å². The van der Waals surface area contributed by atoms with Crippen molar-refractivity contribution in [2.24, 2.45) is 17.6 Å². The summed E-state index contributed by atoms with van der Waals surface area (Å²) in [6.45, 7) is 1.01. The van der Waals surface area contributed by atoms with Crippen molar-refractivity contribution in [3.8, 4) is 0 Å². The molecule has 3 rings (SSSR count).